The fraction of sp³-hybridized carbons (Fsp3) is 0.227. The van der Waals surface area contributed by atoms with Crippen molar-refractivity contribution in [2.45, 2.75) is 20.4 Å². The maximum atomic E-state index is 12.3. The summed E-state index contributed by atoms with van der Waals surface area (Å²) < 4.78 is 2.03. The van der Waals surface area contributed by atoms with Crippen molar-refractivity contribution in [1.82, 2.24) is 19.9 Å². The zero-order chi connectivity index (χ0) is 21.3. The number of rotatable bonds is 5. The molecule has 0 saturated carbocycles. The number of aromatic nitrogens is 3. The second-order valence-corrected chi connectivity index (χ2v) is 8.29. The molecular formula is C22H24N6OS. The first-order valence-corrected chi connectivity index (χ1v) is 10.5. The largest absolute Gasteiger partial charge is 0.354 e. The van der Waals surface area contributed by atoms with Crippen molar-refractivity contribution in [3.63, 3.8) is 0 Å². The van der Waals surface area contributed by atoms with Gasteiger partial charge in [0.1, 0.15) is 16.2 Å². The Morgan fingerprint density at radius 3 is 2.60 bits per heavy atom. The van der Waals surface area contributed by atoms with Gasteiger partial charge in [0.05, 0.1) is 0 Å². The minimum absolute atomic E-state index is 0.285. The Hall–Kier alpha value is -3.39. The van der Waals surface area contributed by atoms with Crippen LogP contribution in [-0.2, 0) is 13.6 Å². The highest BCUT2D eigenvalue weighted by Crippen LogP contribution is 2.29. The SMILES string of the molecule is Cc1ccc(N(C)c2ccc3nc(NC(=O)NCc4cc(C)n(C)c4)sc3n2)cc1. The molecule has 3 heterocycles. The molecule has 3 aromatic heterocycles. The number of nitrogens with one attached hydrogen (secondary N) is 2. The van der Waals surface area contributed by atoms with Gasteiger partial charge in [-0.15, -0.1) is 0 Å². The number of anilines is 3. The van der Waals surface area contributed by atoms with E-state index in [4.69, 9.17) is 4.98 Å². The number of pyridine rings is 1. The van der Waals surface area contributed by atoms with Gasteiger partial charge >= 0.3 is 6.03 Å². The van der Waals surface area contributed by atoms with Crippen molar-refractivity contribution in [3.8, 4) is 0 Å². The van der Waals surface area contributed by atoms with Crippen LogP contribution in [0.3, 0.4) is 0 Å². The second kappa shape index (κ2) is 8.16. The van der Waals surface area contributed by atoms with Crippen molar-refractivity contribution in [2.75, 3.05) is 17.3 Å². The van der Waals surface area contributed by atoms with Gasteiger partial charge in [0, 0.05) is 38.2 Å². The van der Waals surface area contributed by atoms with Gasteiger partial charge in [-0.3, -0.25) is 5.32 Å². The molecule has 0 saturated heterocycles. The third-order valence-electron chi connectivity index (χ3n) is 4.99. The number of fused-ring (bicyclic) bond motifs is 1. The molecule has 30 heavy (non-hydrogen) atoms. The first-order valence-electron chi connectivity index (χ1n) is 9.64. The Bertz CT molecular complexity index is 1170. The Morgan fingerprint density at radius 2 is 1.90 bits per heavy atom. The molecular weight excluding hydrogens is 396 g/mol. The summed E-state index contributed by atoms with van der Waals surface area (Å²) in [7, 11) is 3.97. The lowest BCUT2D eigenvalue weighted by atomic mass is 10.2. The van der Waals surface area contributed by atoms with Crippen molar-refractivity contribution in [3.05, 3.63) is 65.5 Å². The van der Waals surface area contributed by atoms with Gasteiger partial charge in [0.2, 0.25) is 0 Å². The third-order valence-corrected chi connectivity index (χ3v) is 5.87. The molecule has 2 amide bonds. The minimum Gasteiger partial charge on any atom is -0.354 e. The zero-order valence-electron chi connectivity index (χ0n) is 17.4. The van der Waals surface area contributed by atoms with Gasteiger partial charge in [-0.2, -0.15) is 0 Å². The summed E-state index contributed by atoms with van der Waals surface area (Å²) in [4.78, 5) is 24.2. The van der Waals surface area contributed by atoms with Crippen LogP contribution in [0.5, 0.6) is 0 Å². The summed E-state index contributed by atoms with van der Waals surface area (Å²) in [6.07, 6.45) is 2.00. The number of carbonyl (C=O) groups is 1. The topological polar surface area (TPSA) is 75.1 Å². The third kappa shape index (κ3) is 4.28. The number of amides is 2. The number of nitrogens with zero attached hydrogens (tertiary/aromatic N) is 4. The van der Waals surface area contributed by atoms with E-state index in [-0.39, 0.29) is 6.03 Å². The maximum Gasteiger partial charge on any atom is 0.321 e. The van der Waals surface area contributed by atoms with Crippen LogP contribution >= 0.6 is 11.3 Å². The highest BCUT2D eigenvalue weighted by molar-refractivity contribution is 7.22. The summed E-state index contributed by atoms with van der Waals surface area (Å²) in [6, 6.07) is 13.9. The number of aryl methyl sites for hydroxylation is 3. The zero-order valence-corrected chi connectivity index (χ0v) is 18.2. The molecule has 0 fully saturated rings. The molecule has 0 aliphatic rings. The molecule has 0 radical (unpaired) electrons. The Kier molecular flexibility index (Phi) is 5.41. The van der Waals surface area contributed by atoms with Crippen molar-refractivity contribution in [2.24, 2.45) is 7.05 Å². The summed E-state index contributed by atoms with van der Waals surface area (Å²) in [5.74, 6) is 0.824. The van der Waals surface area contributed by atoms with Crippen molar-refractivity contribution >= 4 is 44.4 Å². The quantitative estimate of drug-likeness (QED) is 0.489. The van der Waals surface area contributed by atoms with Crippen LogP contribution in [0.15, 0.2) is 48.7 Å². The average Bonchev–Trinajstić information content (AvgIpc) is 3.27. The van der Waals surface area contributed by atoms with Crippen LogP contribution in [0.1, 0.15) is 16.8 Å². The highest BCUT2D eigenvalue weighted by Gasteiger charge is 2.12. The predicted octanol–water partition coefficient (Wildman–Crippen LogP) is 4.74. The van der Waals surface area contributed by atoms with E-state index in [0.717, 1.165) is 33.1 Å². The molecule has 7 nitrogen and oxygen atoms in total. The van der Waals surface area contributed by atoms with E-state index in [2.05, 4.69) is 46.8 Å². The number of hydrogen-bond acceptors (Lipinski definition) is 5. The lowest BCUT2D eigenvalue weighted by molar-refractivity contribution is 0.251. The number of carbonyl (C=O) groups excluding carboxylic acids is 1. The average molecular weight is 421 g/mol. The smallest absolute Gasteiger partial charge is 0.321 e. The van der Waals surface area contributed by atoms with Crippen LogP contribution in [-0.4, -0.2) is 27.6 Å². The van der Waals surface area contributed by atoms with Crippen LogP contribution in [0.25, 0.3) is 10.3 Å². The first kappa shape index (κ1) is 19.9. The summed E-state index contributed by atoms with van der Waals surface area (Å²) in [5.41, 5.74) is 5.24. The molecule has 4 aromatic rings. The van der Waals surface area contributed by atoms with E-state index in [9.17, 15) is 4.79 Å². The Labute approximate surface area is 179 Å². The molecule has 8 heteroatoms. The fourth-order valence-corrected chi connectivity index (χ4v) is 3.95. The van der Waals surface area contributed by atoms with E-state index < -0.39 is 0 Å². The van der Waals surface area contributed by atoms with Gasteiger partial charge in [-0.05, 0) is 49.7 Å². The lowest BCUT2D eigenvalue weighted by Crippen LogP contribution is -2.27. The van der Waals surface area contributed by atoms with Gasteiger partial charge in [-0.1, -0.05) is 29.0 Å². The summed E-state index contributed by atoms with van der Waals surface area (Å²) >= 11 is 1.36. The summed E-state index contributed by atoms with van der Waals surface area (Å²) in [5, 5.41) is 6.19. The molecule has 154 valence electrons. The Morgan fingerprint density at radius 1 is 1.13 bits per heavy atom. The van der Waals surface area contributed by atoms with Gasteiger partial charge in [-0.25, -0.2) is 14.8 Å². The van der Waals surface area contributed by atoms with E-state index in [1.165, 1.54) is 16.9 Å². The van der Waals surface area contributed by atoms with Crippen molar-refractivity contribution < 1.29 is 4.79 Å². The molecule has 4 rings (SSSR count). The predicted molar refractivity (Wildman–Crippen MR) is 123 cm³/mol. The number of benzene rings is 1. The lowest BCUT2D eigenvalue weighted by Gasteiger charge is -2.18. The molecule has 0 aliphatic heterocycles. The van der Waals surface area contributed by atoms with Crippen LogP contribution in [0, 0.1) is 13.8 Å². The van der Waals surface area contributed by atoms with Gasteiger partial charge in [0.25, 0.3) is 0 Å². The van der Waals surface area contributed by atoms with E-state index in [0.29, 0.717) is 11.7 Å². The molecule has 0 bridgehead atoms. The van der Waals surface area contributed by atoms with Crippen LogP contribution in [0.4, 0.5) is 21.4 Å². The maximum absolute atomic E-state index is 12.3. The molecule has 1 aromatic carbocycles. The minimum atomic E-state index is -0.285. The standard InChI is InChI=1S/C22H24N6OS/c1-14-5-7-17(8-6-14)28(4)19-10-9-18-20(25-19)30-22(24-18)26-21(29)23-12-16-11-15(2)27(3)13-16/h5-11,13H,12H2,1-4H3,(H2,23,24,26,29). The number of urea groups is 1. The normalized spacial score (nSPS) is 10.9. The molecule has 0 unspecified atom stereocenters. The van der Waals surface area contributed by atoms with Gasteiger partial charge in [0.15, 0.2) is 5.13 Å². The van der Waals surface area contributed by atoms with E-state index >= 15 is 0 Å². The fourth-order valence-electron chi connectivity index (χ4n) is 3.13. The highest BCUT2D eigenvalue weighted by atomic mass is 32.1. The molecule has 2 N–H and O–H groups in total. The second-order valence-electron chi connectivity index (χ2n) is 7.32. The molecule has 0 atom stereocenters. The monoisotopic (exact) mass is 420 g/mol. The number of hydrogen-bond donors (Lipinski definition) is 2. The van der Waals surface area contributed by atoms with E-state index in [1.54, 1.807) is 0 Å². The summed E-state index contributed by atoms with van der Waals surface area (Å²) in [6.45, 7) is 4.56. The Balaban J connectivity index is 1.44. The number of thiazole rings is 1. The van der Waals surface area contributed by atoms with Gasteiger partial charge < -0.3 is 14.8 Å². The van der Waals surface area contributed by atoms with Crippen LogP contribution < -0.4 is 15.5 Å². The van der Waals surface area contributed by atoms with Crippen LogP contribution in [0.2, 0.25) is 0 Å². The molecule has 0 spiro atoms. The molecule has 0 aliphatic carbocycles. The van der Waals surface area contributed by atoms with E-state index in [1.807, 2.05) is 54.9 Å². The first-order chi connectivity index (χ1) is 14.4. The van der Waals surface area contributed by atoms with Crippen molar-refractivity contribution in [1.29, 1.82) is 0 Å².